The molecule has 0 bridgehead atoms. The van der Waals surface area contributed by atoms with Gasteiger partial charge in [0, 0.05) is 5.02 Å². The van der Waals surface area contributed by atoms with E-state index in [9.17, 15) is 8.78 Å². The van der Waals surface area contributed by atoms with E-state index in [1.807, 2.05) is 32.0 Å². The number of benzene rings is 2. The first-order valence-electron chi connectivity index (χ1n) is 5.87. The van der Waals surface area contributed by atoms with Gasteiger partial charge in [-0.15, -0.1) is 0 Å². The van der Waals surface area contributed by atoms with Gasteiger partial charge in [-0.25, -0.2) is 8.78 Å². The van der Waals surface area contributed by atoms with Crippen LogP contribution in [0.15, 0.2) is 30.3 Å². The lowest BCUT2D eigenvalue weighted by atomic mass is 9.94. The zero-order valence-electron chi connectivity index (χ0n) is 10.7. The van der Waals surface area contributed by atoms with Crippen LogP contribution in [0.5, 0.6) is 0 Å². The molecule has 2 rings (SSSR count). The van der Waals surface area contributed by atoms with Gasteiger partial charge < -0.3 is 5.73 Å². The number of rotatable bonds is 2. The molecule has 100 valence electrons. The van der Waals surface area contributed by atoms with E-state index in [0.29, 0.717) is 5.56 Å². The van der Waals surface area contributed by atoms with Gasteiger partial charge in [0.1, 0.15) is 0 Å². The maximum atomic E-state index is 13.3. The fraction of sp³-hybridized carbons (Fsp3) is 0.200. The van der Waals surface area contributed by atoms with Crippen molar-refractivity contribution >= 4 is 11.6 Å². The van der Waals surface area contributed by atoms with Crippen molar-refractivity contribution in [3.05, 3.63) is 69.2 Å². The first-order chi connectivity index (χ1) is 8.90. The fourth-order valence-corrected chi connectivity index (χ4v) is 2.39. The maximum absolute atomic E-state index is 13.3. The van der Waals surface area contributed by atoms with Crippen molar-refractivity contribution in [1.82, 2.24) is 0 Å². The van der Waals surface area contributed by atoms with Crippen molar-refractivity contribution < 1.29 is 8.78 Å². The monoisotopic (exact) mass is 281 g/mol. The number of halogens is 3. The Balaban J connectivity index is 2.49. The molecule has 0 saturated carbocycles. The Morgan fingerprint density at radius 2 is 1.63 bits per heavy atom. The molecule has 0 aliphatic carbocycles. The van der Waals surface area contributed by atoms with Gasteiger partial charge in [0.15, 0.2) is 11.6 Å². The van der Waals surface area contributed by atoms with E-state index in [2.05, 4.69) is 0 Å². The highest BCUT2D eigenvalue weighted by Crippen LogP contribution is 2.30. The van der Waals surface area contributed by atoms with Gasteiger partial charge in [0.05, 0.1) is 6.04 Å². The van der Waals surface area contributed by atoms with Crippen molar-refractivity contribution in [3.8, 4) is 0 Å². The molecule has 1 atom stereocenters. The minimum atomic E-state index is -0.971. The van der Waals surface area contributed by atoms with Gasteiger partial charge in [-0.2, -0.15) is 0 Å². The molecule has 0 aliphatic rings. The molecule has 0 saturated heterocycles. The molecule has 1 nitrogen and oxygen atoms in total. The van der Waals surface area contributed by atoms with Gasteiger partial charge in [-0.3, -0.25) is 0 Å². The van der Waals surface area contributed by atoms with Crippen LogP contribution < -0.4 is 5.73 Å². The Hall–Kier alpha value is -1.45. The molecule has 4 heteroatoms. The summed E-state index contributed by atoms with van der Waals surface area (Å²) in [6, 6.07) is 7.23. The second-order valence-corrected chi connectivity index (χ2v) is 5.03. The second kappa shape index (κ2) is 5.27. The molecule has 2 aromatic rings. The van der Waals surface area contributed by atoms with Crippen molar-refractivity contribution in [2.24, 2.45) is 5.73 Å². The molecular formula is C15H14ClF2N. The van der Waals surface area contributed by atoms with E-state index in [4.69, 9.17) is 17.3 Å². The maximum Gasteiger partial charge on any atom is 0.160 e. The summed E-state index contributed by atoms with van der Waals surface area (Å²) >= 11 is 5.94. The average molecular weight is 282 g/mol. The van der Waals surface area contributed by atoms with E-state index >= 15 is 0 Å². The molecular weight excluding hydrogens is 268 g/mol. The molecule has 0 spiro atoms. The van der Waals surface area contributed by atoms with Gasteiger partial charge >= 0.3 is 0 Å². The summed E-state index contributed by atoms with van der Waals surface area (Å²) in [5, 5.41) is 0.131. The summed E-state index contributed by atoms with van der Waals surface area (Å²) in [7, 11) is 0. The number of nitrogens with two attached hydrogens (primary N) is 1. The molecule has 1 unspecified atom stereocenters. The lowest BCUT2D eigenvalue weighted by molar-refractivity contribution is 0.506. The molecule has 0 amide bonds. The Bertz CT molecular complexity index is 626. The SMILES string of the molecule is Cc1ccc(C(N)c2cc(F)c(F)cc2Cl)c(C)c1. The standard InChI is InChI=1S/C15H14ClF2N/c1-8-3-4-10(9(2)5-8)15(19)11-6-13(17)14(18)7-12(11)16/h3-7,15H,19H2,1-2H3. The summed E-state index contributed by atoms with van der Waals surface area (Å²) in [6.07, 6.45) is 0. The molecule has 19 heavy (non-hydrogen) atoms. The third-order valence-electron chi connectivity index (χ3n) is 3.14. The molecule has 0 heterocycles. The fourth-order valence-electron chi connectivity index (χ4n) is 2.12. The largest absolute Gasteiger partial charge is 0.320 e. The van der Waals surface area contributed by atoms with Crippen LogP contribution in [0, 0.1) is 25.5 Å². The average Bonchev–Trinajstić information content (AvgIpc) is 2.33. The van der Waals surface area contributed by atoms with Crippen LogP contribution in [0.3, 0.4) is 0 Å². The van der Waals surface area contributed by atoms with Crippen LogP contribution >= 0.6 is 11.6 Å². The lowest BCUT2D eigenvalue weighted by Gasteiger charge is -2.17. The Kier molecular flexibility index (Phi) is 3.88. The molecule has 2 N–H and O–H groups in total. The van der Waals surface area contributed by atoms with Crippen molar-refractivity contribution in [3.63, 3.8) is 0 Å². The van der Waals surface area contributed by atoms with E-state index in [1.54, 1.807) is 0 Å². The Morgan fingerprint density at radius 3 is 2.26 bits per heavy atom. The summed E-state index contributed by atoms with van der Waals surface area (Å²) in [5.41, 5.74) is 9.45. The van der Waals surface area contributed by atoms with Crippen LogP contribution in [0.2, 0.25) is 5.02 Å². The Morgan fingerprint density at radius 1 is 1.00 bits per heavy atom. The summed E-state index contributed by atoms with van der Waals surface area (Å²) in [4.78, 5) is 0. The van der Waals surface area contributed by atoms with Crippen LogP contribution in [0.1, 0.15) is 28.3 Å². The topological polar surface area (TPSA) is 26.0 Å². The smallest absolute Gasteiger partial charge is 0.160 e. The van der Waals surface area contributed by atoms with Crippen molar-refractivity contribution in [1.29, 1.82) is 0 Å². The second-order valence-electron chi connectivity index (χ2n) is 4.63. The first-order valence-corrected chi connectivity index (χ1v) is 6.25. The number of hydrogen-bond acceptors (Lipinski definition) is 1. The zero-order chi connectivity index (χ0) is 14.2. The summed E-state index contributed by atoms with van der Waals surface area (Å²) in [6.45, 7) is 3.91. The Labute approximate surface area is 116 Å². The van der Waals surface area contributed by atoms with Gasteiger partial charge in [-0.1, -0.05) is 35.4 Å². The molecule has 0 aromatic heterocycles. The highest BCUT2D eigenvalue weighted by atomic mass is 35.5. The van der Waals surface area contributed by atoms with E-state index in [0.717, 1.165) is 28.8 Å². The third kappa shape index (κ3) is 2.77. The lowest BCUT2D eigenvalue weighted by Crippen LogP contribution is -2.14. The van der Waals surface area contributed by atoms with Crippen LogP contribution in [0.25, 0.3) is 0 Å². The summed E-state index contributed by atoms with van der Waals surface area (Å²) < 4.78 is 26.4. The zero-order valence-corrected chi connectivity index (χ0v) is 11.4. The molecule has 0 aliphatic heterocycles. The molecule has 2 aromatic carbocycles. The van der Waals surface area contributed by atoms with Crippen molar-refractivity contribution in [2.45, 2.75) is 19.9 Å². The van der Waals surface area contributed by atoms with Gasteiger partial charge in [0.2, 0.25) is 0 Å². The molecule has 0 radical (unpaired) electrons. The van der Waals surface area contributed by atoms with E-state index < -0.39 is 17.7 Å². The highest BCUT2D eigenvalue weighted by Gasteiger charge is 2.17. The number of hydrogen-bond donors (Lipinski definition) is 1. The number of aryl methyl sites for hydroxylation is 2. The highest BCUT2D eigenvalue weighted by molar-refractivity contribution is 6.31. The predicted molar refractivity (Wildman–Crippen MR) is 73.3 cm³/mol. The van der Waals surface area contributed by atoms with Crippen LogP contribution in [-0.4, -0.2) is 0 Å². The normalized spacial score (nSPS) is 12.5. The van der Waals surface area contributed by atoms with Gasteiger partial charge in [0.25, 0.3) is 0 Å². The summed E-state index contributed by atoms with van der Waals surface area (Å²) in [5.74, 6) is -1.92. The van der Waals surface area contributed by atoms with E-state index in [1.165, 1.54) is 0 Å². The minimum absolute atomic E-state index is 0.131. The minimum Gasteiger partial charge on any atom is -0.320 e. The van der Waals surface area contributed by atoms with Crippen LogP contribution in [-0.2, 0) is 0 Å². The van der Waals surface area contributed by atoms with Crippen LogP contribution in [0.4, 0.5) is 8.78 Å². The van der Waals surface area contributed by atoms with Crippen molar-refractivity contribution in [2.75, 3.05) is 0 Å². The quantitative estimate of drug-likeness (QED) is 0.817. The first kappa shape index (κ1) is 14.0. The van der Waals surface area contributed by atoms with E-state index in [-0.39, 0.29) is 5.02 Å². The molecule has 0 fully saturated rings. The van der Waals surface area contributed by atoms with Gasteiger partial charge in [-0.05, 0) is 42.7 Å². The third-order valence-corrected chi connectivity index (χ3v) is 3.46. The predicted octanol–water partition coefficient (Wildman–Crippen LogP) is 4.28.